The number of aliphatic hydroxyl groups is 1. The van der Waals surface area contributed by atoms with Gasteiger partial charge in [0.05, 0.1) is 36.6 Å². The maximum absolute atomic E-state index is 9.84. The molecule has 0 aliphatic carbocycles. The largest absolute Gasteiger partial charge is 0.489 e. The van der Waals surface area contributed by atoms with Crippen molar-refractivity contribution in [3.05, 3.63) is 54.5 Å². The fourth-order valence-electron chi connectivity index (χ4n) is 5.54. The van der Waals surface area contributed by atoms with Gasteiger partial charge in [-0.2, -0.15) is 10.4 Å². The van der Waals surface area contributed by atoms with Crippen LogP contribution < -0.4 is 4.74 Å². The molecule has 39 heavy (non-hydrogen) atoms. The number of hydrogen-bond donors (Lipinski definition) is 1. The van der Waals surface area contributed by atoms with Crippen LogP contribution in [0.1, 0.15) is 43.7 Å². The first-order valence-electron chi connectivity index (χ1n) is 13.8. The number of ether oxygens (including phenoxy) is 2. The summed E-state index contributed by atoms with van der Waals surface area (Å²) in [6.07, 6.45) is 10.3. The number of pyridine rings is 1. The summed E-state index contributed by atoms with van der Waals surface area (Å²) in [5.41, 5.74) is 4.61. The molecule has 0 unspecified atom stereocenters. The van der Waals surface area contributed by atoms with Crippen molar-refractivity contribution in [2.24, 2.45) is 0 Å². The van der Waals surface area contributed by atoms with Crippen LogP contribution in [0, 0.1) is 11.3 Å². The fourth-order valence-corrected chi connectivity index (χ4v) is 5.54. The number of nitriles is 1. The number of rotatable bonds is 8. The molecule has 2 saturated heterocycles. The highest BCUT2D eigenvalue weighted by Gasteiger charge is 2.22. The predicted octanol–water partition coefficient (Wildman–Crippen LogP) is 4.81. The molecule has 4 aromatic rings. The summed E-state index contributed by atoms with van der Waals surface area (Å²) in [5, 5.41) is 23.6. The average molecular weight is 528 g/mol. The monoisotopic (exact) mass is 527 g/mol. The molecule has 0 atom stereocenters. The van der Waals surface area contributed by atoms with E-state index in [1.54, 1.807) is 6.20 Å². The molecule has 6 rings (SSSR count). The molecular formula is C30H33N5O4. The van der Waals surface area contributed by atoms with Crippen LogP contribution in [0.3, 0.4) is 0 Å². The summed E-state index contributed by atoms with van der Waals surface area (Å²) in [6, 6.07) is 12.2. The first-order valence-corrected chi connectivity index (χ1v) is 13.8. The van der Waals surface area contributed by atoms with Crippen LogP contribution in [-0.2, 0) is 4.74 Å². The highest BCUT2D eigenvalue weighted by molar-refractivity contribution is 5.92. The van der Waals surface area contributed by atoms with Crippen molar-refractivity contribution in [1.82, 2.24) is 19.7 Å². The zero-order valence-corrected chi connectivity index (χ0v) is 22.0. The number of aromatic nitrogens is 3. The van der Waals surface area contributed by atoms with Gasteiger partial charge < -0.3 is 23.9 Å². The average Bonchev–Trinajstić information content (AvgIpc) is 3.65. The van der Waals surface area contributed by atoms with E-state index in [9.17, 15) is 5.26 Å². The molecule has 3 aromatic heterocycles. The van der Waals surface area contributed by atoms with Gasteiger partial charge in [-0.3, -0.25) is 9.67 Å². The molecule has 0 saturated carbocycles. The first-order chi connectivity index (χ1) is 19.2. The Bertz CT molecular complexity index is 1460. The second kappa shape index (κ2) is 11.6. The number of hydrogen-bond acceptors (Lipinski definition) is 8. The molecule has 0 radical (unpaired) electrons. The Hall–Kier alpha value is -3.71. The van der Waals surface area contributed by atoms with Crippen LogP contribution in [0.5, 0.6) is 5.75 Å². The summed E-state index contributed by atoms with van der Waals surface area (Å²) < 4.78 is 20.0. The van der Waals surface area contributed by atoms with Crippen LogP contribution in [0.15, 0.2) is 53.3 Å². The van der Waals surface area contributed by atoms with Gasteiger partial charge in [0.15, 0.2) is 5.58 Å². The molecular weight excluding hydrogens is 494 g/mol. The van der Waals surface area contributed by atoms with E-state index in [-0.39, 0.29) is 12.7 Å². The van der Waals surface area contributed by atoms with Gasteiger partial charge in [0.25, 0.3) is 0 Å². The Morgan fingerprint density at radius 3 is 2.72 bits per heavy atom. The van der Waals surface area contributed by atoms with Crippen molar-refractivity contribution in [3.8, 4) is 34.3 Å². The molecule has 1 aromatic carbocycles. The van der Waals surface area contributed by atoms with E-state index in [1.165, 1.54) is 0 Å². The molecule has 0 spiro atoms. The van der Waals surface area contributed by atoms with Crippen molar-refractivity contribution in [3.63, 3.8) is 0 Å². The second-order valence-corrected chi connectivity index (χ2v) is 10.3. The number of likely N-dealkylation sites (tertiary alicyclic amines) is 1. The molecule has 2 fully saturated rings. The quantitative estimate of drug-likeness (QED) is 0.348. The second-order valence-electron chi connectivity index (χ2n) is 10.3. The van der Waals surface area contributed by atoms with E-state index in [0.29, 0.717) is 36.2 Å². The van der Waals surface area contributed by atoms with E-state index in [4.69, 9.17) is 19.0 Å². The Kier molecular flexibility index (Phi) is 7.59. The summed E-state index contributed by atoms with van der Waals surface area (Å²) in [6.45, 7) is 4.59. The molecule has 2 aliphatic rings. The molecule has 9 heteroatoms. The normalized spacial score (nSPS) is 17.4. The minimum atomic E-state index is 0.0664. The molecule has 5 heterocycles. The Morgan fingerprint density at radius 2 is 1.92 bits per heavy atom. The van der Waals surface area contributed by atoms with E-state index in [0.717, 1.165) is 79.7 Å². The SMILES string of the molecule is N#Cc1cc(-c2ccnc3cc(-c4cnn(C5CCN(CCCO)CC5)c4)oc23)ccc1OC1CCOCC1. The highest BCUT2D eigenvalue weighted by atomic mass is 16.5. The zero-order chi connectivity index (χ0) is 26.6. The van der Waals surface area contributed by atoms with Crippen LogP contribution in [0.2, 0.25) is 0 Å². The molecule has 0 bridgehead atoms. The van der Waals surface area contributed by atoms with Crippen molar-refractivity contribution >= 4 is 11.1 Å². The van der Waals surface area contributed by atoms with Gasteiger partial charge >= 0.3 is 0 Å². The lowest BCUT2D eigenvalue weighted by atomic mass is 10.0. The molecule has 9 nitrogen and oxygen atoms in total. The number of piperidine rings is 1. The molecule has 2 aliphatic heterocycles. The minimum absolute atomic E-state index is 0.0664. The van der Waals surface area contributed by atoms with Gasteiger partial charge in [0.1, 0.15) is 29.2 Å². The first kappa shape index (κ1) is 25.6. The highest BCUT2D eigenvalue weighted by Crippen LogP contribution is 2.36. The summed E-state index contributed by atoms with van der Waals surface area (Å²) in [7, 11) is 0. The van der Waals surface area contributed by atoms with Gasteiger partial charge in [-0.25, -0.2) is 0 Å². The topological polar surface area (TPSA) is 110 Å². The van der Waals surface area contributed by atoms with E-state index in [2.05, 4.69) is 31.9 Å². The van der Waals surface area contributed by atoms with Crippen molar-refractivity contribution in [1.29, 1.82) is 5.26 Å². The van der Waals surface area contributed by atoms with Crippen LogP contribution in [-0.4, -0.2) is 70.3 Å². The third kappa shape index (κ3) is 5.55. The lowest BCUT2D eigenvalue weighted by molar-refractivity contribution is 0.0254. The molecule has 202 valence electrons. The van der Waals surface area contributed by atoms with Gasteiger partial charge in [0, 0.05) is 63.1 Å². The van der Waals surface area contributed by atoms with Gasteiger partial charge in [-0.15, -0.1) is 0 Å². The van der Waals surface area contributed by atoms with E-state index in [1.807, 2.05) is 36.5 Å². The zero-order valence-electron chi connectivity index (χ0n) is 22.0. The summed E-state index contributed by atoms with van der Waals surface area (Å²) in [4.78, 5) is 6.94. The minimum Gasteiger partial charge on any atom is -0.489 e. The Morgan fingerprint density at radius 1 is 1.08 bits per heavy atom. The van der Waals surface area contributed by atoms with Gasteiger partial charge in [-0.05, 0) is 43.0 Å². The Labute approximate surface area is 227 Å². The summed E-state index contributed by atoms with van der Waals surface area (Å²) in [5.74, 6) is 1.32. The number of aliphatic hydroxyl groups excluding tert-OH is 1. The summed E-state index contributed by atoms with van der Waals surface area (Å²) >= 11 is 0. The predicted molar refractivity (Wildman–Crippen MR) is 146 cm³/mol. The lowest BCUT2D eigenvalue weighted by Crippen LogP contribution is -2.35. The fraction of sp³-hybridized carbons (Fsp3) is 0.433. The van der Waals surface area contributed by atoms with Crippen molar-refractivity contribution < 1.29 is 19.0 Å². The third-order valence-corrected chi connectivity index (χ3v) is 7.73. The number of nitrogens with zero attached hydrogens (tertiary/aromatic N) is 5. The maximum atomic E-state index is 9.84. The van der Waals surface area contributed by atoms with E-state index >= 15 is 0 Å². The van der Waals surface area contributed by atoms with E-state index < -0.39 is 0 Å². The standard InChI is InChI=1S/C30H33N5O4/c31-18-22-16-21(2-3-28(22)38-25-7-14-37-15-8-25)26-4-9-32-27-17-29(39-30(26)27)23-19-33-35(20-23)24-5-11-34(12-6-24)10-1-13-36/h2-4,9,16-17,19-20,24-25,36H,1,5-8,10-15H2. The third-order valence-electron chi connectivity index (χ3n) is 7.73. The number of furan rings is 1. The van der Waals surface area contributed by atoms with Gasteiger partial charge in [-0.1, -0.05) is 6.07 Å². The molecule has 1 N–H and O–H groups in total. The number of fused-ring (bicyclic) bond motifs is 1. The van der Waals surface area contributed by atoms with Crippen molar-refractivity contribution in [2.75, 3.05) is 39.5 Å². The lowest BCUT2D eigenvalue weighted by Gasteiger charge is -2.31. The van der Waals surface area contributed by atoms with Crippen LogP contribution in [0.25, 0.3) is 33.6 Å². The molecule has 0 amide bonds. The van der Waals surface area contributed by atoms with Crippen LogP contribution >= 0.6 is 0 Å². The maximum Gasteiger partial charge on any atom is 0.161 e. The van der Waals surface area contributed by atoms with Gasteiger partial charge in [0.2, 0.25) is 0 Å². The van der Waals surface area contributed by atoms with Crippen molar-refractivity contribution in [2.45, 2.75) is 44.2 Å². The number of benzene rings is 1. The smallest absolute Gasteiger partial charge is 0.161 e. The Balaban J connectivity index is 1.22. The van der Waals surface area contributed by atoms with Crippen LogP contribution in [0.4, 0.5) is 0 Å².